The van der Waals surface area contributed by atoms with Crippen molar-refractivity contribution in [1.82, 2.24) is 10.6 Å². The Morgan fingerprint density at radius 2 is 1.71 bits per heavy atom. The molecule has 0 bridgehead atoms. The van der Waals surface area contributed by atoms with Crippen LogP contribution >= 0.6 is 0 Å². The third-order valence-electron chi connectivity index (χ3n) is 2.12. The van der Waals surface area contributed by atoms with Crippen LogP contribution in [-0.4, -0.2) is 11.6 Å². The molecular formula is C14H28N2O. The van der Waals surface area contributed by atoms with Crippen LogP contribution in [0.4, 0.5) is 4.79 Å². The third-order valence-corrected chi connectivity index (χ3v) is 2.12. The van der Waals surface area contributed by atoms with Crippen LogP contribution in [0.15, 0.2) is 12.3 Å². The fourth-order valence-electron chi connectivity index (χ4n) is 2.03. The van der Waals surface area contributed by atoms with Gasteiger partial charge in [0.15, 0.2) is 0 Å². The minimum atomic E-state index is -0.200. The summed E-state index contributed by atoms with van der Waals surface area (Å²) in [7, 11) is 0. The summed E-state index contributed by atoms with van der Waals surface area (Å²) >= 11 is 0. The summed E-state index contributed by atoms with van der Waals surface area (Å²) in [5, 5.41) is 5.71. The second-order valence-electron chi connectivity index (χ2n) is 6.82. The highest BCUT2D eigenvalue weighted by molar-refractivity contribution is 5.75. The topological polar surface area (TPSA) is 41.1 Å². The molecule has 0 aromatic rings. The first-order chi connectivity index (χ1) is 7.52. The summed E-state index contributed by atoms with van der Waals surface area (Å²) < 4.78 is 0. The van der Waals surface area contributed by atoms with Crippen LogP contribution < -0.4 is 10.6 Å². The number of rotatable bonds is 4. The molecule has 0 aliphatic carbocycles. The summed E-state index contributed by atoms with van der Waals surface area (Å²) in [6.07, 6.45) is 4.59. The molecule has 0 spiro atoms. The molecule has 3 heteroatoms. The Balaban J connectivity index is 4.19. The molecule has 0 unspecified atom stereocenters. The van der Waals surface area contributed by atoms with Gasteiger partial charge in [-0.05, 0) is 31.6 Å². The predicted octanol–water partition coefficient (Wildman–Crippen LogP) is 3.67. The summed E-state index contributed by atoms with van der Waals surface area (Å²) in [5.74, 6) is 0.442. The van der Waals surface area contributed by atoms with Crippen LogP contribution in [0, 0.1) is 11.3 Å². The van der Waals surface area contributed by atoms with E-state index in [0.717, 1.165) is 6.42 Å². The molecule has 2 N–H and O–H groups in total. The van der Waals surface area contributed by atoms with E-state index in [1.54, 1.807) is 6.20 Å². The maximum absolute atomic E-state index is 11.7. The number of nitrogens with one attached hydrogen (secondary N) is 2. The van der Waals surface area contributed by atoms with Crippen molar-refractivity contribution in [2.45, 2.75) is 60.4 Å². The lowest BCUT2D eigenvalue weighted by Crippen LogP contribution is -2.48. The van der Waals surface area contributed by atoms with Gasteiger partial charge in [-0.15, -0.1) is 0 Å². The quantitative estimate of drug-likeness (QED) is 0.773. The molecule has 0 heterocycles. The minimum absolute atomic E-state index is 0.142. The number of allylic oxidation sites excluding steroid dienone is 1. The SMILES string of the molecule is CC(C)/C=C/NC(=O)NC(C)(C)CC(C)(C)C. The van der Waals surface area contributed by atoms with Crippen LogP contribution in [0.1, 0.15) is 54.9 Å². The standard InChI is InChI=1S/C14H28N2O/c1-11(2)8-9-15-12(17)16-14(6,7)10-13(3,4)5/h8-9,11H,10H2,1-7H3,(H2,15,16,17)/b9-8+. The molecule has 2 amide bonds. The van der Waals surface area contributed by atoms with E-state index in [0.29, 0.717) is 5.92 Å². The molecule has 0 aliphatic rings. The maximum Gasteiger partial charge on any atom is 0.319 e. The first kappa shape index (κ1) is 16.0. The molecule has 0 aromatic heterocycles. The highest BCUT2D eigenvalue weighted by Gasteiger charge is 2.26. The molecule has 0 aromatic carbocycles. The highest BCUT2D eigenvalue weighted by atomic mass is 16.2. The van der Waals surface area contributed by atoms with Crippen LogP contribution in [0.25, 0.3) is 0 Å². The fraction of sp³-hybridized carbons (Fsp3) is 0.786. The zero-order valence-corrected chi connectivity index (χ0v) is 12.3. The monoisotopic (exact) mass is 240 g/mol. The predicted molar refractivity (Wildman–Crippen MR) is 73.8 cm³/mol. The average Bonchev–Trinajstić information content (AvgIpc) is 1.95. The van der Waals surface area contributed by atoms with Crippen LogP contribution in [0.2, 0.25) is 0 Å². The van der Waals surface area contributed by atoms with Crippen molar-refractivity contribution in [2.75, 3.05) is 0 Å². The summed E-state index contributed by atoms with van der Waals surface area (Å²) in [5.41, 5.74) is -0.00143. The van der Waals surface area contributed by atoms with Gasteiger partial charge in [0.2, 0.25) is 0 Å². The van der Waals surface area contributed by atoms with Gasteiger partial charge >= 0.3 is 6.03 Å². The van der Waals surface area contributed by atoms with Crippen molar-refractivity contribution in [3.8, 4) is 0 Å². The zero-order chi connectivity index (χ0) is 13.7. The van der Waals surface area contributed by atoms with E-state index >= 15 is 0 Å². The van der Waals surface area contributed by atoms with Gasteiger partial charge in [-0.2, -0.15) is 0 Å². The van der Waals surface area contributed by atoms with Gasteiger partial charge in [-0.3, -0.25) is 0 Å². The van der Waals surface area contributed by atoms with E-state index in [1.807, 2.05) is 19.9 Å². The van der Waals surface area contributed by atoms with Crippen molar-refractivity contribution in [2.24, 2.45) is 11.3 Å². The first-order valence-corrected chi connectivity index (χ1v) is 6.27. The second-order valence-corrected chi connectivity index (χ2v) is 6.82. The molecule has 0 fully saturated rings. The van der Waals surface area contributed by atoms with Gasteiger partial charge in [0.25, 0.3) is 0 Å². The highest BCUT2D eigenvalue weighted by Crippen LogP contribution is 2.26. The largest absolute Gasteiger partial charge is 0.333 e. The average molecular weight is 240 g/mol. The van der Waals surface area contributed by atoms with E-state index < -0.39 is 0 Å². The van der Waals surface area contributed by atoms with Gasteiger partial charge in [-0.25, -0.2) is 4.79 Å². The number of hydrogen-bond donors (Lipinski definition) is 2. The smallest absolute Gasteiger partial charge is 0.319 e. The lowest BCUT2D eigenvalue weighted by Gasteiger charge is -2.33. The number of urea groups is 1. The number of amides is 2. The Kier molecular flexibility index (Phi) is 5.73. The first-order valence-electron chi connectivity index (χ1n) is 6.27. The van der Waals surface area contributed by atoms with E-state index in [1.165, 1.54) is 0 Å². The van der Waals surface area contributed by atoms with Crippen LogP contribution in [-0.2, 0) is 0 Å². The van der Waals surface area contributed by atoms with Crippen molar-refractivity contribution >= 4 is 6.03 Å². The van der Waals surface area contributed by atoms with Gasteiger partial charge in [-0.1, -0.05) is 40.7 Å². The van der Waals surface area contributed by atoms with Gasteiger partial charge in [0.05, 0.1) is 0 Å². The van der Waals surface area contributed by atoms with E-state index in [-0.39, 0.29) is 17.0 Å². The molecule has 0 atom stereocenters. The van der Waals surface area contributed by atoms with E-state index in [2.05, 4.69) is 45.3 Å². The van der Waals surface area contributed by atoms with Crippen LogP contribution in [0.5, 0.6) is 0 Å². The maximum atomic E-state index is 11.7. The van der Waals surface area contributed by atoms with Gasteiger partial charge in [0, 0.05) is 11.7 Å². The van der Waals surface area contributed by atoms with Crippen molar-refractivity contribution in [3.05, 3.63) is 12.3 Å². The molecule has 17 heavy (non-hydrogen) atoms. The van der Waals surface area contributed by atoms with E-state index in [9.17, 15) is 4.79 Å². The Bertz CT molecular complexity index is 272. The third kappa shape index (κ3) is 9.91. The van der Waals surface area contributed by atoms with E-state index in [4.69, 9.17) is 0 Å². The minimum Gasteiger partial charge on any atom is -0.333 e. The number of carbonyl (C=O) groups excluding carboxylic acids is 1. The Morgan fingerprint density at radius 3 is 2.12 bits per heavy atom. The molecule has 0 rings (SSSR count). The Labute approximate surface area is 106 Å². The summed E-state index contributed by atoms with van der Waals surface area (Å²) in [4.78, 5) is 11.7. The summed E-state index contributed by atoms with van der Waals surface area (Å²) in [6.45, 7) is 14.8. The molecule has 0 saturated carbocycles. The van der Waals surface area contributed by atoms with Crippen molar-refractivity contribution in [3.63, 3.8) is 0 Å². The van der Waals surface area contributed by atoms with Gasteiger partial charge < -0.3 is 10.6 Å². The number of hydrogen-bond acceptors (Lipinski definition) is 1. The lowest BCUT2D eigenvalue weighted by atomic mass is 9.82. The molecule has 0 radical (unpaired) electrons. The normalized spacial score (nSPS) is 13.2. The van der Waals surface area contributed by atoms with Crippen molar-refractivity contribution in [1.29, 1.82) is 0 Å². The fourth-order valence-corrected chi connectivity index (χ4v) is 2.03. The number of carbonyl (C=O) groups is 1. The Hall–Kier alpha value is -0.990. The lowest BCUT2D eigenvalue weighted by molar-refractivity contribution is 0.213. The van der Waals surface area contributed by atoms with Crippen LogP contribution in [0.3, 0.4) is 0 Å². The van der Waals surface area contributed by atoms with Crippen molar-refractivity contribution < 1.29 is 4.79 Å². The summed E-state index contributed by atoms with van der Waals surface area (Å²) in [6, 6.07) is -0.142. The second kappa shape index (κ2) is 6.08. The molecule has 100 valence electrons. The molecule has 0 aliphatic heterocycles. The van der Waals surface area contributed by atoms with Gasteiger partial charge in [0.1, 0.15) is 0 Å². The molecular weight excluding hydrogens is 212 g/mol. The Morgan fingerprint density at radius 1 is 1.18 bits per heavy atom. The molecule has 0 saturated heterocycles. The molecule has 3 nitrogen and oxygen atoms in total. The zero-order valence-electron chi connectivity index (χ0n) is 12.3.